The third-order valence-electron chi connectivity index (χ3n) is 2.98. The summed E-state index contributed by atoms with van der Waals surface area (Å²) < 4.78 is 0. The Hall–Kier alpha value is -0.243. The van der Waals surface area contributed by atoms with E-state index in [0.717, 1.165) is 0 Å². The van der Waals surface area contributed by atoms with E-state index in [9.17, 15) is 0 Å². The van der Waals surface area contributed by atoms with Crippen molar-refractivity contribution in [2.75, 3.05) is 14.1 Å². The van der Waals surface area contributed by atoms with Crippen LogP contribution in [0.3, 0.4) is 0 Å². The van der Waals surface area contributed by atoms with Crippen molar-refractivity contribution in [3.8, 4) is 0 Å². The summed E-state index contributed by atoms with van der Waals surface area (Å²) in [5, 5.41) is 1.63. The first-order chi connectivity index (χ1) is 6.51. The number of allylic oxidation sites excluding steroid dienone is 1. The topological polar surface area (TPSA) is 3.24 Å². The molecule has 0 aliphatic heterocycles. The summed E-state index contributed by atoms with van der Waals surface area (Å²) in [6.07, 6.45) is 4.99. The highest BCUT2D eigenvalue weighted by atomic mass is 28.3. The van der Waals surface area contributed by atoms with Crippen molar-refractivity contribution < 1.29 is 0 Å². The maximum Gasteiger partial charge on any atom is 0.104 e. The van der Waals surface area contributed by atoms with Gasteiger partial charge in [-0.25, -0.2) is 0 Å². The molecule has 0 amide bonds. The van der Waals surface area contributed by atoms with E-state index in [0.29, 0.717) is 0 Å². The molecular weight excluding hydrogens is 186 g/mol. The van der Waals surface area contributed by atoms with Crippen molar-refractivity contribution in [3.63, 3.8) is 0 Å². The van der Waals surface area contributed by atoms with E-state index in [2.05, 4.69) is 52.4 Å². The van der Waals surface area contributed by atoms with Gasteiger partial charge in [0.05, 0.1) is 0 Å². The smallest absolute Gasteiger partial charge is 0.104 e. The Balaban J connectivity index is 4.77. The third-order valence-corrected chi connectivity index (χ3v) is 8.16. The van der Waals surface area contributed by atoms with E-state index < -0.39 is 8.07 Å². The standard InChI is InChI=1S/C12H27NSi/c1-7-10-14(6,11-8-2)12(9-3)13(4)5/h9H,7-8,10-11H2,1-6H3. The Labute approximate surface area is 91.2 Å². The van der Waals surface area contributed by atoms with E-state index >= 15 is 0 Å². The second kappa shape index (κ2) is 6.28. The van der Waals surface area contributed by atoms with E-state index in [1.54, 1.807) is 5.32 Å². The molecule has 0 atom stereocenters. The minimum atomic E-state index is -1.15. The van der Waals surface area contributed by atoms with Crippen LogP contribution in [-0.2, 0) is 0 Å². The molecule has 2 heteroatoms. The fourth-order valence-electron chi connectivity index (χ4n) is 2.63. The van der Waals surface area contributed by atoms with Gasteiger partial charge < -0.3 is 4.90 Å². The first-order valence-electron chi connectivity index (χ1n) is 5.86. The average molecular weight is 213 g/mol. The van der Waals surface area contributed by atoms with Gasteiger partial charge in [0.1, 0.15) is 8.07 Å². The Bertz CT molecular complexity index is 179. The molecule has 84 valence electrons. The van der Waals surface area contributed by atoms with Crippen molar-refractivity contribution in [3.05, 3.63) is 11.4 Å². The molecule has 0 fully saturated rings. The summed E-state index contributed by atoms with van der Waals surface area (Å²) in [4.78, 5) is 2.33. The summed E-state index contributed by atoms with van der Waals surface area (Å²) in [5.74, 6) is 0. The highest BCUT2D eigenvalue weighted by Crippen LogP contribution is 2.28. The fourth-order valence-corrected chi connectivity index (χ4v) is 7.38. The van der Waals surface area contributed by atoms with Crippen LogP contribution in [-0.4, -0.2) is 27.1 Å². The molecule has 0 aliphatic rings. The monoisotopic (exact) mass is 213 g/mol. The van der Waals surface area contributed by atoms with E-state index in [4.69, 9.17) is 0 Å². The first kappa shape index (κ1) is 13.8. The zero-order chi connectivity index (χ0) is 11.2. The minimum Gasteiger partial charge on any atom is -0.385 e. The van der Waals surface area contributed by atoms with Crippen LogP contribution in [0.1, 0.15) is 33.6 Å². The molecule has 0 heterocycles. The van der Waals surface area contributed by atoms with Crippen LogP contribution in [0.25, 0.3) is 0 Å². The zero-order valence-electron chi connectivity index (χ0n) is 10.9. The molecule has 0 radical (unpaired) electrons. The first-order valence-corrected chi connectivity index (χ1v) is 8.77. The second-order valence-corrected chi connectivity index (χ2v) is 9.26. The normalized spacial score (nSPS) is 13.1. The second-order valence-electron chi connectivity index (χ2n) is 4.63. The van der Waals surface area contributed by atoms with Gasteiger partial charge in [0.2, 0.25) is 0 Å². The minimum absolute atomic E-state index is 1.15. The van der Waals surface area contributed by atoms with Crippen molar-refractivity contribution in [1.29, 1.82) is 0 Å². The van der Waals surface area contributed by atoms with Crippen LogP contribution in [0, 0.1) is 0 Å². The van der Waals surface area contributed by atoms with Gasteiger partial charge in [-0.3, -0.25) is 0 Å². The summed E-state index contributed by atoms with van der Waals surface area (Å²) in [7, 11) is 3.22. The van der Waals surface area contributed by atoms with Crippen LogP contribution >= 0.6 is 0 Å². The molecule has 0 aromatic carbocycles. The van der Waals surface area contributed by atoms with Crippen LogP contribution in [0.4, 0.5) is 0 Å². The molecule has 0 saturated heterocycles. The lowest BCUT2D eigenvalue weighted by Gasteiger charge is -2.34. The quantitative estimate of drug-likeness (QED) is 0.605. The fraction of sp³-hybridized carbons (Fsp3) is 0.833. The molecular formula is C12H27NSi. The van der Waals surface area contributed by atoms with E-state index in [1.165, 1.54) is 24.9 Å². The van der Waals surface area contributed by atoms with Crippen molar-refractivity contribution in [2.24, 2.45) is 0 Å². The van der Waals surface area contributed by atoms with Gasteiger partial charge in [0, 0.05) is 14.1 Å². The Kier molecular flexibility index (Phi) is 6.17. The van der Waals surface area contributed by atoms with Crippen molar-refractivity contribution in [2.45, 2.75) is 52.2 Å². The molecule has 0 rings (SSSR count). The number of hydrogen-bond donors (Lipinski definition) is 0. The number of nitrogens with zero attached hydrogens (tertiary/aromatic N) is 1. The predicted octanol–water partition coefficient (Wildman–Crippen LogP) is 3.89. The van der Waals surface area contributed by atoms with E-state index in [-0.39, 0.29) is 0 Å². The molecule has 0 saturated carbocycles. The molecule has 1 nitrogen and oxygen atoms in total. The Morgan fingerprint density at radius 1 is 1.14 bits per heavy atom. The molecule has 0 bridgehead atoms. The van der Waals surface area contributed by atoms with Gasteiger partial charge in [-0.1, -0.05) is 51.4 Å². The lowest BCUT2D eigenvalue weighted by Crippen LogP contribution is -2.39. The molecule has 0 unspecified atom stereocenters. The predicted molar refractivity (Wildman–Crippen MR) is 69.3 cm³/mol. The third kappa shape index (κ3) is 3.49. The molecule has 0 N–H and O–H groups in total. The van der Waals surface area contributed by atoms with Gasteiger partial charge in [-0.2, -0.15) is 0 Å². The maximum absolute atomic E-state index is 2.54. The molecule has 0 aromatic heterocycles. The SMILES string of the molecule is CC=C(N(C)C)[Si](C)(CCC)CCC. The van der Waals surface area contributed by atoms with Gasteiger partial charge in [-0.05, 0) is 12.2 Å². The molecule has 0 aliphatic carbocycles. The number of rotatable bonds is 6. The highest BCUT2D eigenvalue weighted by Gasteiger charge is 2.30. The van der Waals surface area contributed by atoms with E-state index in [1.807, 2.05) is 0 Å². The van der Waals surface area contributed by atoms with Gasteiger partial charge in [-0.15, -0.1) is 0 Å². The average Bonchev–Trinajstić information content (AvgIpc) is 2.04. The lowest BCUT2D eigenvalue weighted by atomic mass is 10.6. The van der Waals surface area contributed by atoms with Crippen LogP contribution in [0.2, 0.25) is 18.6 Å². The summed E-state index contributed by atoms with van der Waals surface area (Å²) in [6, 6.07) is 2.86. The van der Waals surface area contributed by atoms with Gasteiger partial charge in [0.15, 0.2) is 0 Å². The Morgan fingerprint density at radius 2 is 1.57 bits per heavy atom. The summed E-state index contributed by atoms with van der Waals surface area (Å²) >= 11 is 0. The molecule has 14 heavy (non-hydrogen) atoms. The van der Waals surface area contributed by atoms with Crippen molar-refractivity contribution in [1.82, 2.24) is 4.90 Å². The van der Waals surface area contributed by atoms with Crippen LogP contribution in [0.5, 0.6) is 0 Å². The highest BCUT2D eigenvalue weighted by molar-refractivity contribution is 6.85. The number of hydrogen-bond acceptors (Lipinski definition) is 1. The summed E-state index contributed by atoms with van der Waals surface area (Å²) in [6.45, 7) is 9.34. The van der Waals surface area contributed by atoms with Crippen LogP contribution < -0.4 is 0 Å². The summed E-state index contributed by atoms with van der Waals surface area (Å²) in [5.41, 5.74) is 0. The maximum atomic E-state index is 2.54. The largest absolute Gasteiger partial charge is 0.385 e. The molecule has 0 aromatic rings. The van der Waals surface area contributed by atoms with Crippen LogP contribution in [0.15, 0.2) is 11.4 Å². The van der Waals surface area contributed by atoms with Gasteiger partial charge >= 0.3 is 0 Å². The zero-order valence-corrected chi connectivity index (χ0v) is 11.9. The van der Waals surface area contributed by atoms with Gasteiger partial charge in [0.25, 0.3) is 0 Å². The van der Waals surface area contributed by atoms with Crippen molar-refractivity contribution >= 4 is 8.07 Å². The molecule has 0 spiro atoms. The lowest BCUT2D eigenvalue weighted by molar-refractivity contribution is 0.535. The Morgan fingerprint density at radius 3 is 1.79 bits per heavy atom.